The van der Waals surface area contributed by atoms with Crippen molar-refractivity contribution < 1.29 is 27.1 Å². The summed E-state index contributed by atoms with van der Waals surface area (Å²) in [6.45, 7) is 5.77. The highest BCUT2D eigenvalue weighted by Gasteiger charge is 2.25. The van der Waals surface area contributed by atoms with Crippen LogP contribution < -0.4 is 0 Å². The van der Waals surface area contributed by atoms with Crippen molar-refractivity contribution in [3.05, 3.63) is 56.8 Å². The van der Waals surface area contributed by atoms with Crippen LogP contribution in [-0.4, -0.2) is 29.3 Å². The third kappa shape index (κ3) is 4.47. The van der Waals surface area contributed by atoms with Gasteiger partial charge in [-0.05, 0) is 25.2 Å². The van der Waals surface area contributed by atoms with E-state index in [4.69, 9.17) is 0 Å². The normalized spacial score (nSPS) is 11.7. The second-order valence-corrected chi connectivity index (χ2v) is 6.56. The fourth-order valence-corrected chi connectivity index (χ4v) is 2.95. The number of rotatable bonds is 6. The van der Waals surface area contributed by atoms with Gasteiger partial charge >= 0.3 is 0 Å². The molecule has 2 rings (SSSR count). The van der Waals surface area contributed by atoms with Crippen LogP contribution in [0.3, 0.4) is 0 Å². The van der Waals surface area contributed by atoms with E-state index in [0.717, 1.165) is 19.3 Å². The lowest BCUT2D eigenvalue weighted by Crippen LogP contribution is -2.22. The summed E-state index contributed by atoms with van der Waals surface area (Å²) in [5.41, 5.74) is -0.738. The van der Waals surface area contributed by atoms with Gasteiger partial charge in [0.05, 0.1) is 0 Å². The number of aromatic hydroxyl groups is 1. The third-order valence-corrected chi connectivity index (χ3v) is 4.45. The Hall–Kier alpha value is -2.00. The predicted molar refractivity (Wildman–Crippen MR) is 95.9 cm³/mol. The molecule has 0 heterocycles. The van der Waals surface area contributed by atoms with E-state index < -0.39 is 34.8 Å². The van der Waals surface area contributed by atoms with Gasteiger partial charge in [0, 0.05) is 28.4 Å². The van der Waals surface area contributed by atoms with Crippen LogP contribution in [0.15, 0.2) is 21.6 Å². The Kier molecular flexibility index (Phi) is 6.94. The van der Waals surface area contributed by atoms with E-state index in [1.54, 1.807) is 6.07 Å². The zero-order valence-electron chi connectivity index (χ0n) is 14.5. The Labute approximate surface area is 161 Å². The lowest BCUT2D eigenvalue weighted by atomic mass is 10.1. The minimum Gasteiger partial charge on any atom is -0.507 e. The summed E-state index contributed by atoms with van der Waals surface area (Å²) in [7, 11) is 0. The lowest BCUT2D eigenvalue weighted by Gasteiger charge is -2.19. The van der Waals surface area contributed by atoms with Crippen molar-refractivity contribution in [3.8, 4) is 5.75 Å². The molecule has 0 aliphatic heterocycles. The molecule has 0 amide bonds. The standard InChI is InChI=1S/C18H16BrF5N2O/c1-3-26(4-2)8-10-6-11(19)5-9(18(10)27)7-25-17-15(23)13(21)12(20)14(22)16(17)24/h5-7,27H,3-4,8H2,1-2H3. The van der Waals surface area contributed by atoms with Crippen molar-refractivity contribution in [1.29, 1.82) is 0 Å². The Bertz CT molecular complexity index is 856. The number of benzene rings is 2. The highest BCUT2D eigenvalue weighted by molar-refractivity contribution is 9.10. The topological polar surface area (TPSA) is 35.8 Å². The lowest BCUT2D eigenvalue weighted by molar-refractivity contribution is 0.290. The van der Waals surface area contributed by atoms with Crippen LogP contribution in [0.25, 0.3) is 0 Å². The van der Waals surface area contributed by atoms with Gasteiger partial charge in [0.2, 0.25) is 5.82 Å². The monoisotopic (exact) mass is 450 g/mol. The molecular weight excluding hydrogens is 435 g/mol. The van der Waals surface area contributed by atoms with Crippen molar-refractivity contribution in [2.75, 3.05) is 13.1 Å². The van der Waals surface area contributed by atoms with Gasteiger partial charge in [-0.1, -0.05) is 29.8 Å². The zero-order chi connectivity index (χ0) is 20.3. The van der Waals surface area contributed by atoms with Gasteiger partial charge in [-0.3, -0.25) is 4.90 Å². The van der Waals surface area contributed by atoms with E-state index in [9.17, 15) is 27.1 Å². The Balaban J connectivity index is 2.48. The first-order chi connectivity index (χ1) is 12.7. The second-order valence-electron chi connectivity index (χ2n) is 5.64. The van der Waals surface area contributed by atoms with E-state index in [0.29, 0.717) is 16.6 Å². The fourth-order valence-electron chi connectivity index (χ4n) is 2.43. The van der Waals surface area contributed by atoms with E-state index >= 15 is 0 Å². The number of nitrogens with zero attached hydrogens (tertiary/aromatic N) is 2. The van der Waals surface area contributed by atoms with Crippen LogP contribution in [0.2, 0.25) is 0 Å². The number of hydrogen-bond donors (Lipinski definition) is 1. The molecular formula is C18H16BrF5N2O. The van der Waals surface area contributed by atoms with Crippen molar-refractivity contribution >= 4 is 27.8 Å². The molecule has 3 nitrogen and oxygen atoms in total. The molecule has 0 aliphatic carbocycles. The SMILES string of the molecule is CCN(CC)Cc1cc(Br)cc(C=Nc2c(F)c(F)c(F)c(F)c2F)c1O. The van der Waals surface area contributed by atoms with E-state index in [-0.39, 0.29) is 11.3 Å². The second kappa shape index (κ2) is 8.79. The first-order valence-corrected chi connectivity index (χ1v) is 8.79. The summed E-state index contributed by atoms with van der Waals surface area (Å²) in [6, 6.07) is 3.08. The zero-order valence-corrected chi connectivity index (χ0v) is 16.0. The van der Waals surface area contributed by atoms with Gasteiger partial charge in [-0.25, -0.2) is 26.9 Å². The summed E-state index contributed by atoms with van der Waals surface area (Å²) in [4.78, 5) is 5.41. The molecule has 0 atom stereocenters. The summed E-state index contributed by atoms with van der Waals surface area (Å²) < 4.78 is 67.6. The fraction of sp³-hybridized carbons (Fsp3) is 0.278. The third-order valence-electron chi connectivity index (χ3n) is 3.99. The molecule has 0 spiro atoms. The minimum absolute atomic E-state index is 0.0653. The van der Waals surface area contributed by atoms with Crippen LogP contribution in [0.5, 0.6) is 5.75 Å². The molecule has 2 aromatic rings. The van der Waals surface area contributed by atoms with Crippen molar-refractivity contribution in [1.82, 2.24) is 4.90 Å². The molecule has 9 heteroatoms. The van der Waals surface area contributed by atoms with E-state index in [2.05, 4.69) is 20.9 Å². The molecule has 146 valence electrons. The maximum Gasteiger partial charge on any atom is 0.200 e. The number of aliphatic imine (C=N–C) groups is 1. The summed E-state index contributed by atoms with van der Waals surface area (Å²) in [5.74, 6) is -10.7. The molecule has 0 saturated carbocycles. The molecule has 0 bridgehead atoms. The molecule has 0 saturated heterocycles. The van der Waals surface area contributed by atoms with Crippen LogP contribution in [0, 0.1) is 29.1 Å². The van der Waals surface area contributed by atoms with Gasteiger partial charge < -0.3 is 5.11 Å². The molecule has 2 aromatic carbocycles. The summed E-state index contributed by atoms with van der Waals surface area (Å²) >= 11 is 3.26. The minimum atomic E-state index is -2.25. The number of hydrogen-bond acceptors (Lipinski definition) is 3. The van der Waals surface area contributed by atoms with Crippen molar-refractivity contribution in [3.63, 3.8) is 0 Å². The van der Waals surface area contributed by atoms with Gasteiger partial charge in [-0.15, -0.1) is 0 Å². The quantitative estimate of drug-likeness (QED) is 0.275. The summed E-state index contributed by atoms with van der Waals surface area (Å²) in [6.07, 6.45) is 0.851. The van der Waals surface area contributed by atoms with Crippen LogP contribution >= 0.6 is 15.9 Å². The highest BCUT2D eigenvalue weighted by Crippen LogP contribution is 2.31. The maximum absolute atomic E-state index is 13.7. The largest absolute Gasteiger partial charge is 0.507 e. The average molecular weight is 451 g/mol. The van der Waals surface area contributed by atoms with Gasteiger partial charge in [0.1, 0.15) is 11.4 Å². The molecule has 0 aromatic heterocycles. The Morgan fingerprint density at radius 1 is 0.963 bits per heavy atom. The van der Waals surface area contributed by atoms with Gasteiger partial charge in [0.25, 0.3) is 0 Å². The van der Waals surface area contributed by atoms with Crippen LogP contribution in [0.1, 0.15) is 25.0 Å². The van der Waals surface area contributed by atoms with Gasteiger partial charge in [0.15, 0.2) is 23.3 Å². The number of halogens is 6. The first-order valence-electron chi connectivity index (χ1n) is 8.00. The smallest absolute Gasteiger partial charge is 0.200 e. The molecule has 0 aliphatic rings. The Morgan fingerprint density at radius 3 is 2.00 bits per heavy atom. The van der Waals surface area contributed by atoms with Crippen molar-refractivity contribution in [2.45, 2.75) is 20.4 Å². The molecule has 0 fully saturated rings. The number of phenols is 1. The summed E-state index contributed by atoms with van der Waals surface area (Å²) in [5, 5.41) is 10.4. The highest BCUT2D eigenvalue weighted by atomic mass is 79.9. The van der Waals surface area contributed by atoms with Crippen LogP contribution in [0.4, 0.5) is 27.6 Å². The van der Waals surface area contributed by atoms with E-state index in [1.165, 1.54) is 6.07 Å². The maximum atomic E-state index is 13.7. The van der Waals surface area contributed by atoms with Crippen molar-refractivity contribution in [2.24, 2.45) is 4.99 Å². The molecule has 0 radical (unpaired) electrons. The van der Waals surface area contributed by atoms with E-state index in [1.807, 2.05) is 18.7 Å². The van der Waals surface area contributed by atoms with Crippen LogP contribution in [-0.2, 0) is 6.54 Å². The molecule has 0 unspecified atom stereocenters. The predicted octanol–water partition coefficient (Wildman–Crippen LogP) is 5.44. The number of phenolic OH excluding ortho intramolecular Hbond substituents is 1. The van der Waals surface area contributed by atoms with Gasteiger partial charge in [-0.2, -0.15) is 0 Å². The average Bonchev–Trinajstić information content (AvgIpc) is 2.65. The molecule has 1 N–H and O–H groups in total. The molecule has 27 heavy (non-hydrogen) atoms. The first kappa shape index (κ1) is 21.3. The Morgan fingerprint density at radius 2 is 1.48 bits per heavy atom.